The molecule has 1 aromatic heterocycles. The van der Waals surface area contributed by atoms with Crippen LogP contribution >= 0.6 is 27.3 Å². The number of hydrogen-bond acceptors (Lipinski definition) is 6. The van der Waals surface area contributed by atoms with Crippen molar-refractivity contribution in [2.24, 2.45) is 5.73 Å². The Bertz CT molecular complexity index is 747. The van der Waals surface area contributed by atoms with Crippen LogP contribution in [-0.2, 0) is 19.5 Å². The van der Waals surface area contributed by atoms with Crippen LogP contribution in [0.25, 0.3) is 0 Å². The van der Waals surface area contributed by atoms with Crippen LogP contribution in [0.15, 0.2) is 9.85 Å². The second-order valence-electron chi connectivity index (χ2n) is 4.45. The number of carbonyl (C=O) groups excluding carboxylic acids is 2. The van der Waals surface area contributed by atoms with Crippen molar-refractivity contribution in [2.45, 2.75) is 12.1 Å². The highest BCUT2D eigenvalue weighted by Gasteiger charge is 2.52. The Kier molecular flexibility index (Phi) is 3.25. The van der Waals surface area contributed by atoms with E-state index in [4.69, 9.17) is 10.3 Å². The van der Waals surface area contributed by atoms with Crippen molar-refractivity contribution >= 4 is 49.6 Å². The zero-order valence-electron chi connectivity index (χ0n) is 10.1. The smallest absolute Gasteiger partial charge is 0.368 e. The Labute approximate surface area is 131 Å². The van der Waals surface area contributed by atoms with Crippen molar-refractivity contribution in [3.05, 3.63) is 20.3 Å². The fourth-order valence-corrected chi connectivity index (χ4v) is 4.71. The molecule has 12 heteroatoms. The molecule has 2 unspecified atom stereocenters. The summed E-state index contributed by atoms with van der Waals surface area (Å²) >= 11 is 4.50. The first-order chi connectivity index (χ1) is 9.69. The third kappa shape index (κ3) is 2.32. The minimum atomic E-state index is -4.86. The lowest BCUT2D eigenvalue weighted by Gasteiger charge is -2.27. The van der Waals surface area contributed by atoms with Crippen molar-refractivity contribution in [3.63, 3.8) is 0 Å². The summed E-state index contributed by atoms with van der Waals surface area (Å²) in [5, 5.41) is 0.538. The summed E-state index contributed by atoms with van der Waals surface area (Å²) in [5.41, 5.74) is 5.90. The van der Waals surface area contributed by atoms with Crippen LogP contribution in [0.3, 0.4) is 0 Å². The van der Waals surface area contributed by atoms with Crippen molar-refractivity contribution in [1.29, 1.82) is 0 Å². The molecule has 3 rings (SSSR count). The first-order valence-electron chi connectivity index (χ1n) is 5.54. The Morgan fingerprint density at radius 2 is 2.24 bits per heavy atom. The number of rotatable bonds is 3. The molecule has 2 atom stereocenters. The first kappa shape index (κ1) is 14.7. The van der Waals surface area contributed by atoms with E-state index in [0.717, 1.165) is 4.90 Å². The van der Waals surface area contributed by atoms with Gasteiger partial charge in [-0.1, -0.05) is 0 Å². The third-order valence-electron chi connectivity index (χ3n) is 3.21. The quantitative estimate of drug-likeness (QED) is 0.716. The summed E-state index contributed by atoms with van der Waals surface area (Å²) in [6, 6.07) is -0.916. The molecule has 1 aromatic rings. The van der Waals surface area contributed by atoms with Crippen LogP contribution in [0.1, 0.15) is 22.5 Å². The van der Waals surface area contributed by atoms with Gasteiger partial charge in [-0.25, -0.2) is 4.79 Å². The molecule has 114 valence electrons. The predicted octanol–water partition coefficient (Wildman–Crippen LogP) is 0.564. The number of carbonyl (C=O) groups is 2. The number of fused-ring (bicyclic) bond motifs is 4. The molecule has 1 saturated heterocycles. The van der Waals surface area contributed by atoms with Crippen LogP contribution < -0.4 is 5.73 Å². The highest BCUT2D eigenvalue weighted by Crippen LogP contribution is 2.48. The number of nitrogens with two attached hydrogens (primary N) is 1. The standard InChI is InChI=1S/C9H8BrN3O6S2/c10-5-1-3-4-2-12(6(8(11)14)7(3)20-5)9(15)13(4)19-21(16,17)18/h1,4,6H,2H2,(H2,11,14)(H,16,17,18). The highest BCUT2D eigenvalue weighted by atomic mass is 79.9. The summed E-state index contributed by atoms with van der Waals surface area (Å²) in [5.74, 6) is -0.730. The minimum Gasteiger partial charge on any atom is -0.368 e. The zero-order valence-corrected chi connectivity index (χ0v) is 13.3. The van der Waals surface area contributed by atoms with Gasteiger partial charge < -0.3 is 10.6 Å². The molecule has 0 radical (unpaired) electrons. The van der Waals surface area contributed by atoms with Gasteiger partial charge in [-0.2, -0.15) is 13.5 Å². The topological polar surface area (TPSA) is 130 Å². The molecule has 21 heavy (non-hydrogen) atoms. The Hall–Kier alpha value is -1.21. The van der Waals surface area contributed by atoms with Crippen molar-refractivity contribution < 1.29 is 26.8 Å². The molecule has 9 nitrogen and oxygen atoms in total. The first-order valence-corrected chi connectivity index (χ1v) is 8.52. The van der Waals surface area contributed by atoms with E-state index in [2.05, 4.69) is 20.2 Å². The van der Waals surface area contributed by atoms with E-state index < -0.39 is 34.4 Å². The summed E-state index contributed by atoms with van der Waals surface area (Å²) in [7, 11) is -4.86. The molecule has 3 amide bonds. The second-order valence-corrected chi connectivity index (χ2v) is 7.92. The monoisotopic (exact) mass is 397 g/mol. The van der Waals surface area contributed by atoms with Gasteiger partial charge in [-0.15, -0.1) is 15.6 Å². The maximum atomic E-state index is 12.2. The Morgan fingerprint density at radius 3 is 2.81 bits per heavy atom. The lowest BCUT2D eigenvalue weighted by atomic mass is 9.99. The molecule has 1 fully saturated rings. The van der Waals surface area contributed by atoms with Crippen LogP contribution in [0.2, 0.25) is 0 Å². The molecule has 0 spiro atoms. The van der Waals surface area contributed by atoms with Gasteiger partial charge in [0, 0.05) is 4.88 Å². The maximum absolute atomic E-state index is 12.2. The van der Waals surface area contributed by atoms with Crippen LogP contribution in [0.4, 0.5) is 4.79 Å². The van der Waals surface area contributed by atoms with E-state index in [1.54, 1.807) is 6.07 Å². The van der Waals surface area contributed by atoms with Gasteiger partial charge in [0.15, 0.2) is 0 Å². The number of nitrogens with zero attached hydrogens (tertiary/aromatic N) is 2. The molecule has 2 bridgehead atoms. The molecule has 0 saturated carbocycles. The van der Waals surface area contributed by atoms with E-state index in [1.807, 2.05) is 0 Å². The molecule has 0 aliphatic carbocycles. The summed E-state index contributed by atoms with van der Waals surface area (Å²) in [6.45, 7) is 0.0398. The van der Waals surface area contributed by atoms with Gasteiger partial charge in [-0.05, 0) is 27.6 Å². The number of hydroxylamine groups is 2. The number of halogens is 1. The molecule has 2 aliphatic rings. The van der Waals surface area contributed by atoms with Crippen LogP contribution in [0, 0.1) is 0 Å². The van der Waals surface area contributed by atoms with Crippen molar-refractivity contribution in [2.75, 3.05) is 6.54 Å². The number of amides is 3. The van der Waals surface area contributed by atoms with Gasteiger partial charge >= 0.3 is 16.4 Å². The van der Waals surface area contributed by atoms with E-state index in [0.29, 0.717) is 19.3 Å². The molecular formula is C9H8BrN3O6S2. The Morgan fingerprint density at radius 1 is 1.57 bits per heavy atom. The summed E-state index contributed by atoms with van der Waals surface area (Å²) in [4.78, 5) is 25.5. The van der Waals surface area contributed by atoms with E-state index in [-0.39, 0.29) is 6.54 Å². The van der Waals surface area contributed by atoms with E-state index in [9.17, 15) is 18.0 Å². The lowest BCUT2D eigenvalue weighted by Crippen LogP contribution is -2.41. The number of primary amides is 1. The van der Waals surface area contributed by atoms with Gasteiger partial charge in [0.05, 0.1) is 10.3 Å². The van der Waals surface area contributed by atoms with Crippen LogP contribution in [0.5, 0.6) is 0 Å². The average Bonchev–Trinajstić information content (AvgIpc) is 2.82. The number of hydrogen-bond donors (Lipinski definition) is 2. The van der Waals surface area contributed by atoms with Gasteiger partial charge in [-0.3, -0.25) is 9.35 Å². The number of thiophene rings is 1. The molecule has 2 aliphatic heterocycles. The minimum absolute atomic E-state index is 0.0398. The van der Waals surface area contributed by atoms with Gasteiger partial charge in [0.1, 0.15) is 12.1 Å². The summed E-state index contributed by atoms with van der Waals surface area (Å²) in [6.07, 6.45) is 0. The molecular weight excluding hydrogens is 390 g/mol. The molecule has 3 N–H and O–H groups in total. The SMILES string of the molecule is NC(=O)C1c2sc(Br)cc2C2CN1C(=O)N2OS(=O)(=O)O. The normalized spacial score (nSPS) is 24.4. The van der Waals surface area contributed by atoms with Gasteiger partial charge in [0.2, 0.25) is 5.91 Å². The lowest BCUT2D eigenvalue weighted by molar-refractivity contribution is -0.122. The van der Waals surface area contributed by atoms with E-state index in [1.165, 1.54) is 11.3 Å². The predicted molar refractivity (Wildman–Crippen MR) is 73.3 cm³/mol. The highest BCUT2D eigenvalue weighted by molar-refractivity contribution is 9.11. The zero-order chi connectivity index (χ0) is 15.5. The van der Waals surface area contributed by atoms with Crippen molar-refractivity contribution in [3.8, 4) is 0 Å². The fraction of sp³-hybridized carbons (Fsp3) is 0.333. The second kappa shape index (κ2) is 4.64. The summed E-state index contributed by atoms with van der Waals surface area (Å²) < 4.78 is 35.6. The largest absolute Gasteiger partial charge is 0.418 e. The van der Waals surface area contributed by atoms with Gasteiger partial charge in [0.25, 0.3) is 0 Å². The third-order valence-corrected chi connectivity index (χ3v) is 5.27. The molecule has 0 aromatic carbocycles. The maximum Gasteiger partial charge on any atom is 0.418 e. The molecule has 3 heterocycles. The van der Waals surface area contributed by atoms with Crippen LogP contribution in [-0.4, -0.2) is 41.4 Å². The number of urea groups is 1. The average molecular weight is 398 g/mol. The fourth-order valence-electron chi connectivity index (χ4n) is 2.51. The van der Waals surface area contributed by atoms with Crippen molar-refractivity contribution in [1.82, 2.24) is 9.96 Å². The van der Waals surface area contributed by atoms with E-state index >= 15 is 0 Å². The Balaban J connectivity index is 2.11.